The maximum Gasteiger partial charge on any atom is 0.250 e. The molecule has 1 saturated carbocycles. The molecule has 0 unspecified atom stereocenters. The van der Waals surface area contributed by atoms with Crippen LogP contribution in [0.1, 0.15) is 31.3 Å². The molecule has 1 heterocycles. The predicted octanol–water partition coefficient (Wildman–Crippen LogP) is 1.42. The van der Waals surface area contributed by atoms with Crippen LogP contribution in [0.15, 0.2) is 17.3 Å². The largest absolute Gasteiger partial charge is 0.384 e. The van der Waals surface area contributed by atoms with E-state index in [0.717, 1.165) is 29.9 Å². The number of nitrogens with two attached hydrogens (primary N) is 1. The molecule has 1 aromatic heterocycles. The molecule has 0 saturated heterocycles. The maximum atomic E-state index is 11.4. The molecule has 17 heavy (non-hydrogen) atoms. The Morgan fingerprint density at radius 3 is 2.88 bits per heavy atom. The highest BCUT2D eigenvalue weighted by Gasteiger charge is 2.29. The van der Waals surface area contributed by atoms with Crippen molar-refractivity contribution in [3.8, 4) is 0 Å². The van der Waals surface area contributed by atoms with E-state index in [1.54, 1.807) is 12.3 Å². The number of amides is 1. The number of carbonyl (C=O) groups excluding carboxylic acids is 1. The molecule has 5 heteroatoms. The third-order valence-corrected chi connectivity index (χ3v) is 2.61. The Bertz CT molecular complexity index is 494. The van der Waals surface area contributed by atoms with Crippen LogP contribution in [0.5, 0.6) is 0 Å². The van der Waals surface area contributed by atoms with Crippen LogP contribution in [0.3, 0.4) is 0 Å². The number of amidine groups is 1. The van der Waals surface area contributed by atoms with Crippen LogP contribution in [0.2, 0.25) is 0 Å². The van der Waals surface area contributed by atoms with Crippen molar-refractivity contribution in [2.75, 3.05) is 0 Å². The molecule has 5 nitrogen and oxygen atoms in total. The first-order chi connectivity index (χ1) is 8.06. The fourth-order valence-electron chi connectivity index (χ4n) is 1.48. The molecule has 0 atom stereocenters. The minimum Gasteiger partial charge on any atom is -0.384 e. The summed E-state index contributed by atoms with van der Waals surface area (Å²) in [7, 11) is 0. The van der Waals surface area contributed by atoms with Crippen LogP contribution in [-0.2, 0) is 4.79 Å². The summed E-state index contributed by atoms with van der Waals surface area (Å²) in [4.78, 5) is 22.5. The highest BCUT2D eigenvalue weighted by atomic mass is 16.1. The summed E-state index contributed by atoms with van der Waals surface area (Å²) in [5.41, 5.74) is 7.54. The zero-order chi connectivity index (χ0) is 12.4. The first-order valence-electron chi connectivity index (χ1n) is 5.64. The van der Waals surface area contributed by atoms with E-state index in [1.165, 1.54) is 0 Å². The smallest absolute Gasteiger partial charge is 0.250 e. The van der Waals surface area contributed by atoms with Gasteiger partial charge in [-0.2, -0.15) is 4.99 Å². The van der Waals surface area contributed by atoms with Crippen molar-refractivity contribution in [3.63, 3.8) is 0 Å². The molecule has 1 aliphatic rings. The zero-order valence-corrected chi connectivity index (χ0v) is 10.0. The van der Waals surface area contributed by atoms with Crippen molar-refractivity contribution in [1.82, 2.24) is 9.97 Å². The summed E-state index contributed by atoms with van der Waals surface area (Å²) in [5.74, 6) is 0.989. The average molecular weight is 232 g/mol. The van der Waals surface area contributed by atoms with Crippen LogP contribution >= 0.6 is 0 Å². The van der Waals surface area contributed by atoms with E-state index in [2.05, 4.69) is 15.0 Å². The van der Waals surface area contributed by atoms with Gasteiger partial charge in [0.2, 0.25) is 0 Å². The number of nitrogens with one attached hydrogen (secondary N) is 1. The number of aryl methyl sites for hydroxylation is 1. The number of allylic oxidation sites excluding steroid dienone is 1. The Morgan fingerprint density at radius 2 is 2.35 bits per heavy atom. The fraction of sp³-hybridized carbons (Fsp3) is 0.417. The average Bonchev–Trinajstić information content (AvgIpc) is 3.01. The third kappa shape index (κ3) is 3.03. The number of hydrogen-bond donors (Lipinski definition) is 2. The van der Waals surface area contributed by atoms with Crippen LogP contribution < -0.4 is 5.73 Å². The van der Waals surface area contributed by atoms with Crippen LogP contribution in [0.25, 0.3) is 5.57 Å². The molecule has 0 bridgehead atoms. The second-order valence-electron chi connectivity index (χ2n) is 4.39. The number of carbonyl (C=O) groups is 1. The molecule has 0 radical (unpaired) electrons. The van der Waals surface area contributed by atoms with Crippen molar-refractivity contribution in [3.05, 3.63) is 23.8 Å². The summed E-state index contributed by atoms with van der Waals surface area (Å²) >= 11 is 0. The van der Waals surface area contributed by atoms with Crippen molar-refractivity contribution < 1.29 is 4.79 Å². The topological polar surface area (TPSA) is 84.1 Å². The molecule has 0 aliphatic heterocycles. The number of aliphatic imine (C=N–C) groups is 1. The van der Waals surface area contributed by atoms with Crippen molar-refractivity contribution in [1.29, 1.82) is 0 Å². The SMILES string of the molecule is C/C(=C/C(N)=NC(=O)C1CC1)c1ncc(C)[nH]1. The molecule has 1 amide bonds. The molecular weight excluding hydrogens is 216 g/mol. The van der Waals surface area contributed by atoms with Gasteiger partial charge in [-0.25, -0.2) is 4.98 Å². The number of H-pyrrole nitrogens is 1. The first-order valence-corrected chi connectivity index (χ1v) is 5.64. The number of aromatic nitrogens is 2. The summed E-state index contributed by atoms with van der Waals surface area (Å²) < 4.78 is 0. The van der Waals surface area contributed by atoms with Gasteiger partial charge in [-0.05, 0) is 38.3 Å². The number of rotatable bonds is 3. The Balaban J connectivity index is 2.09. The lowest BCUT2D eigenvalue weighted by Crippen LogP contribution is -2.12. The van der Waals surface area contributed by atoms with E-state index in [-0.39, 0.29) is 17.7 Å². The van der Waals surface area contributed by atoms with E-state index in [0.29, 0.717) is 0 Å². The van der Waals surface area contributed by atoms with Gasteiger partial charge in [0.05, 0.1) is 0 Å². The fourth-order valence-corrected chi connectivity index (χ4v) is 1.48. The highest BCUT2D eigenvalue weighted by molar-refractivity contribution is 6.04. The number of aromatic amines is 1. The molecule has 0 spiro atoms. The molecule has 0 aromatic carbocycles. The van der Waals surface area contributed by atoms with Crippen LogP contribution in [0, 0.1) is 12.8 Å². The quantitative estimate of drug-likeness (QED) is 0.610. The molecule has 90 valence electrons. The molecule has 1 fully saturated rings. The lowest BCUT2D eigenvalue weighted by molar-refractivity contribution is -0.118. The second kappa shape index (κ2) is 4.53. The summed E-state index contributed by atoms with van der Waals surface area (Å²) in [6, 6.07) is 0. The minimum absolute atomic E-state index is 0.105. The monoisotopic (exact) mass is 232 g/mol. The van der Waals surface area contributed by atoms with Crippen molar-refractivity contribution in [2.24, 2.45) is 16.6 Å². The Morgan fingerprint density at radius 1 is 1.65 bits per heavy atom. The molecular formula is C12H16N4O. The van der Waals surface area contributed by atoms with Gasteiger partial charge in [-0.1, -0.05) is 0 Å². The van der Waals surface area contributed by atoms with Gasteiger partial charge in [-0.15, -0.1) is 0 Å². The summed E-state index contributed by atoms with van der Waals surface area (Å²) in [5, 5.41) is 0. The van der Waals surface area contributed by atoms with Gasteiger partial charge in [0.1, 0.15) is 11.7 Å². The van der Waals surface area contributed by atoms with Gasteiger partial charge in [0, 0.05) is 17.8 Å². The van der Waals surface area contributed by atoms with Crippen LogP contribution in [0.4, 0.5) is 0 Å². The zero-order valence-electron chi connectivity index (χ0n) is 10.0. The van der Waals surface area contributed by atoms with Gasteiger partial charge in [-0.3, -0.25) is 4.79 Å². The minimum atomic E-state index is -0.109. The van der Waals surface area contributed by atoms with Gasteiger partial charge < -0.3 is 10.7 Å². The first kappa shape index (κ1) is 11.6. The predicted molar refractivity (Wildman–Crippen MR) is 66.3 cm³/mol. The summed E-state index contributed by atoms with van der Waals surface area (Å²) in [6.07, 6.45) is 5.29. The lowest BCUT2D eigenvalue weighted by Gasteiger charge is -1.97. The van der Waals surface area contributed by atoms with E-state index in [9.17, 15) is 4.79 Å². The third-order valence-electron chi connectivity index (χ3n) is 2.61. The van der Waals surface area contributed by atoms with E-state index >= 15 is 0 Å². The highest BCUT2D eigenvalue weighted by Crippen LogP contribution is 2.30. The van der Waals surface area contributed by atoms with E-state index in [1.807, 2.05) is 13.8 Å². The number of imidazole rings is 1. The Labute approximate surface area is 99.8 Å². The van der Waals surface area contributed by atoms with Gasteiger partial charge in [0.25, 0.3) is 5.91 Å². The Hall–Kier alpha value is -1.91. The van der Waals surface area contributed by atoms with Crippen molar-refractivity contribution in [2.45, 2.75) is 26.7 Å². The summed E-state index contributed by atoms with van der Waals surface area (Å²) in [6.45, 7) is 3.81. The molecule has 1 aliphatic carbocycles. The molecule has 1 aromatic rings. The maximum absolute atomic E-state index is 11.4. The number of nitrogens with zero attached hydrogens (tertiary/aromatic N) is 2. The standard InChI is InChI=1S/C12H16N4O/c1-7(11-14-6-8(2)15-11)5-10(13)16-12(17)9-3-4-9/h5-6,9H,3-4H2,1-2H3,(H,14,15)(H2,13,16,17)/b7-5-. The van der Waals surface area contributed by atoms with Crippen molar-refractivity contribution >= 4 is 17.3 Å². The lowest BCUT2D eigenvalue weighted by atomic mass is 10.2. The van der Waals surface area contributed by atoms with Gasteiger partial charge in [0.15, 0.2) is 0 Å². The van der Waals surface area contributed by atoms with Gasteiger partial charge >= 0.3 is 0 Å². The van der Waals surface area contributed by atoms with E-state index in [4.69, 9.17) is 5.73 Å². The van der Waals surface area contributed by atoms with E-state index < -0.39 is 0 Å². The number of hydrogen-bond acceptors (Lipinski definition) is 2. The molecule has 2 rings (SSSR count). The Kier molecular flexibility index (Phi) is 3.08. The normalized spacial score (nSPS) is 17.3. The van der Waals surface area contributed by atoms with Crippen LogP contribution in [-0.4, -0.2) is 21.7 Å². The molecule has 3 N–H and O–H groups in total. The second-order valence-corrected chi connectivity index (χ2v) is 4.39.